The second-order valence-electron chi connectivity index (χ2n) is 4.03. The van der Waals surface area contributed by atoms with Crippen LogP contribution in [0.3, 0.4) is 0 Å². The van der Waals surface area contributed by atoms with Crippen LogP contribution in [0.2, 0.25) is 0 Å². The highest BCUT2D eigenvalue weighted by atomic mass is 19.1. The Labute approximate surface area is 81.4 Å². The Hall–Kier alpha value is -1.38. The first-order chi connectivity index (χ1) is 6.54. The Morgan fingerprint density at radius 1 is 1.64 bits per heavy atom. The van der Waals surface area contributed by atoms with Crippen LogP contribution in [0.1, 0.15) is 24.8 Å². The van der Waals surface area contributed by atoms with Crippen LogP contribution in [-0.4, -0.2) is 11.1 Å². The summed E-state index contributed by atoms with van der Waals surface area (Å²) < 4.78 is 12.9. The summed E-state index contributed by atoms with van der Waals surface area (Å²) in [7, 11) is 0. The molecule has 3 heteroatoms. The second kappa shape index (κ2) is 2.80. The van der Waals surface area contributed by atoms with Crippen molar-refractivity contribution in [1.29, 1.82) is 0 Å². The van der Waals surface area contributed by atoms with Crippen molar-refractivity contribution in [1.82, 2.24) is 0 Å². The van der Waals surface area contributed by atoms with Crippen molar-refractivity contribution in [2.24, 2.45) is 5.41 Å². The molecule has 0 radical (unpaired) electrons. The van der Waals surface area contributed by atoms with Gasteiger partial charge in [0.1, 0.15) is 5.82 Å². The lowest BCUT2D eigenvalue weighted by atomic mass is 10.0. The molecule has 1 aromatic carbocycles. The van der Waals surface area contributed by atoms with Crippen molar-refractivity contribution >= 4 is 5.97 Å². The Bertz CT molecular complexity index is 389. The van der Waals surface area contributed by atoms with E-state index in [0.29, 0.717) is 6.42 Å². The molecule has 0 spiro atoms. The third kappa shape index (κ3) is 1.29. The Morgan fingerprint density at radius 2 is 2.36 bits per heavy atom. The van der Waals surface area contributed by atoms with Crippen LogP contribution in [0, 0.1) is 11.2 Å². The van der Waals surface area contributed by atoms with Crippen LogP contribution in [-0.2, 0) is 4.79 Å². The van der Waals surface area contributed by atoms with Gasteiger partial charge in [-0.2, -0.15) is 0 Å². The molecule has 0 bridgehead atoms. The van der Waals surface area contributed by atoms with Gasteiger partial charge in [-0.1, -0.05) is 12.1 Å². The molecule has 0 aromatic heterocycles. The van der Waals surface area contributed by atoms with Gasteiger partial charge in [-0.05, 0) is 31.0 Å². The molecular weight excluding hydrogens is 183 g/mol. The van der Waals surface area contributed by atoms with E-state index in [1.165, 1.54) is 12.1 Å². The number of hydrogen-bond acceptors (Lipinski definition) is 1. The molecule has 1 saturated carbocycles. The number of carboxylic acids is 1. The lowest BCUT2D eigenvalue weighted by molar-refractivity contribution is -0.142. The second-order valence-corrected chi connectivity index (χ2v) is 4.03. The average Bonchev–Trinajstić information content (AvgIpc) is 2.80. The summed E-state index contributed by atoms with van der Waals surface area (Å²) in [4.78, 5) is 10.9. The lowest BCUT2D eigenvalue weighted by Crippen LogP contribution is -2.12. The first-order valence-corrected chi connectivity index (χ1v) is 4.53. The molecule has 0 heterocycles. The fourth-order valence-electron chi connectivity index (χ4n) is 1.81. The highest BCUT2D eigenvalue weighted by Gasteiger charge is 2.57. The monoisotopic (exact) mass is 194 g/mol. The normalized spacial score (nSPS) is 30.0. The Kier molecular flexibility index (Phi) is 1.84. The molecule has 2 rings (SSSR count). The van der Waals surface area contributed by atoms with E-state index in [1.807, 2.05) is 0 Å². The molecule has 74 valence electrons. The van der Waals surface area contributed by atoms with E-state index in [4.69, 9.17) is 5.11 Å². The Balaban J connectivity index is 2.25. The quantitative estimate of drug-likeness (QED) is 0.784. The summed E-state index contributed by atoms with van der Waals surface area (Å²) in [5.41, 5.74) is 0.100. The van der Waals surface area contributed by atoms with Crippen molar-refractivity contribution < 1.29 is 14.3 Å². The zero-order valence-corrected chi connectivity index (χ0v) is 7.83. The molecule has 0 saturated heterocycles. The number of carbonyl (C=O) groups is 1. The molecule has 14 heavy (non-hydrogen) atoms. The third-order valence-electron chi connectivity index (χ3n) is 2.98. The van der Waals surface area contributed by atoms with Crippen molar-refractivity contribution in [3.8, 4) is 0 Å². The summed E-state index contributed by atoms with van der Waals surface area (Å²) in [6.45, 7) is 1.70. The zero-order chi connectivity index (χ0) is 10.3. The van der Waals surface area contributed by atoms with Crippen LogP contribution in [0.4, 0.5) is 4.39 Å². The van der Waals surface area contributed by atoms with Gasteiger partial charge in [-0.3, -0.25) is 4.79 Å². The van der Waals surface area contributed by atoms with Gasteiger partial charge >= 0.3 is 5.97 Å². The number of hydrogen-bond donors (Lipinski definition) is 1. The number of rotatable bonds is 2. The molecule has 1 aliphatic rings. The predicted molar refractivity (Wildman–Crippen MR) is 49.5 cm³/mol. The molecule has 1 aromatic rings. The molecule has 2 nitrogen and oxygen atoms in total. The van der Waals surface area contributed by atoms with Crippen molar-refractivity contribution in [2.75, 3.05) is 0 Å². The van der Waals surface area contributed by atoms with Gasteiger partial charge in [0.2, 0.25) is 0 Å². The molecule has 2 atom stereocenters. The highest BCUT2D eigenvalue weighted by Crippen LogP contribution is 2.59. The zero-order valence-electron chi connectivity index (χ0n) is 7.83. The first-order valence-electron chi connectivity index (χ1n) is 4.53. The maximum atomic E-state index is 12.9. The maximum absolute atomic E-state index is 12.9. The minimum absolute atomic E-state index is 0.0318. The van der Waals surface area contributed by atoms with E-state index >= 15 is 0 Å². The van der Waals surface area contributed by atoms with E-state index in [2.05, 4.69) is 0 Å². The molecule has 0 unspecified atom stereocenters. The average molecular weight is 194 g/mol. The molecular formula is C11H11FO2. The number of halogens is 1. The van der Waals surface area contributed by atoms with Crippen LogP contribution in [0.15, 0.2) is 24.3 Å². The fraction of sp³-hybridized carbons (Fsp3) is 0.364. The lowest BCUT2D eigenvalue weighted by Gasteiger charge is -2.04. The SMILES string of the molecule is C[C@]1(C(=O)O)C[C@@H]1c1cccc(F)c1. The Morgan fingerprint density at radius 3 is 2.86 bits per heavy atom. The minimum Gasteiger partial charge on any atom is -0.481 e. The van der Waals surface area contributed by atoms with Gasteiger partial charge in [0.25, 0.3) is 0 Å². The van der Waals surface area contributed by atoms with Crippen LogP contribution < -0.4 is 0 Å². The summed E-state index contributed by atoms with van der Waals surface area (Å²) in [5, 5.41) is 8.92. The minimum atomic E-state index is -0.799. The molecule has 0 aliphatic heterocycles. The molecule has 1 N–H and O–H groups in total. The van der Waals surface area contributed by atoms with Crippen LogP contribution in [0.25, 0.3) is 0 Å². The fourth-order valence-corrected chi connectivity index (χ4v) is 1.81. The number of carboxylic acid groups (broad SMARTS) is 1. The van der Waals surface area contributed by atoms with Crippen molar-refractivity contribution in [3.05, 3.63) is 35.6 Å². The topological polar surface area (TPSA) is 37.3 Å². The maximum Gasteiger partial charge on any atom is 0.309 e. The van der Waals surface area contributed by atoms with Gasteiger partial charge in [0, 0.05) is 5.92 Å². The van der Waals surface area contributed by atoms with Crippen molar-refractivity contribution in [2.45, 2.75) is 19.3 Å². The van der Waals surface area contributed by atoms with E-state index in [-0.39, 0.29) is 11.7 Å². The molecule has 0 amide bonds. The van der Waals surface area contributed by atoms with Crippen molar-refractivity contribution in [3.63, 3.8) is 0 Å². The number of aliphatic carboxylic acids is 1. The summed E-state index contributed by atoms with van der Waals surface area (Å²) in [5.74, 6) is -1.13. The van der Waals surface area contributed by atoms with Gasteiger partial charge in [-0.15, -0.1) is 0 Å². The largest absolute Gasteiger partial charge is 0.481 e. The summed E-state index contributed by atoms with van der Waals surface area (Å²) in [6, 6.07) is 6.18. The van der Waals surface area contributed by atoms with Gasteiger partial charge < -0.3 is 5.11 Å². The smallest absolute Gasteiger partial charge is 0.309 e. The van der Waals surface area contributed by atoms with E-state index in [1.54, 1.807) is 19.1 Å². The van der Waals surface area contributed by atoms with E-state index < -0.39 is 11.4 Å². The molecule has 1 fully saturated rings. The first kappa shape index (κ1) is 9.19. The van der Waals surface area contributed by atoms with Gasteiger partial charge in [0.05, 0.1) is 5.41 Å². The van der Waals surface area contributed by atoms with E-state index in [0.717, 1.165) is 5.56 Å². The van der Waals surface area contributed by atoms with Gasteiger partial charge in [0.15, 0.2) is 0 Å². The predicted octanol–water partition coefficient (Wildman–Crippen LogP) is 2.40. The van der Waals surface area contributed by atoms with Crippen LogP contribution >= 0.6 is 0 Å². The third-order valence-corrected chi connectivity index (χ3v) is 2.98. The van der Waals surface area contributed by atoms with E-state index in [9.17, 15) is 9.18 Å². The highest BCUT2D eigenvalue weighted by molar-refractivity contribution is 5.79. The number of benzene rings is 1. The standard InChI is InChI=1S/C11H11FO2/c1-11(10(13)14)6-9(11)7-3-2-4-8(12)5-7/h2-5,9H,6H2,1H3,(H,13,14)/t9-,11+/m1/s1. The summed E-state index contributed by atoms with van der Waals surface area (Å²) in [6.07, 6.45) is 0.603. The summed E-state index contributed by atoms with van der Waals surface area (Å²) >= 11 is 0. The van der Waals surface area contributed by atoms with Crippen LogP contribution in [0.5, 0.6) is 0 Å². The molecule has 1 aliphatic carbocycles. The van der Waals surface area contributed by atoms with Gasteiger partial charge in [-0.25, -0.2) is 4.39 Å².